The number of hydrogen-bond donors (Lipinski definition) is 1. The molecule has 6 nitrogen and oxygen atoms in total. The molecule has 1 aromatic rings. The van der Waals surface area contributed by atoms with Crippen molar-refractivity contribution in [3.8, 4) is 5.75 Å². The lowest BCUT2D eigenvalue weighted by Gasteiger charge is -2.42. The second-order valence-corrected chi connectivity index (χ2v) is 7.02. The maximum atomic E-state index is 12.6. The number of nitrogens with two attached hydrogens (primary N) is 1. The normalized spacial score (nSPS) is 21.6. The largest absolute Gasteiger partial charge is 0.487 e. The molecule has 2 saturated heterocycles. The molecule has 2 aliphatic heterocycles. The van der Waals surface area contributed by atoms with Crippen LogP contribution in [0.5, 0.6) is 5.75 Å². The van der Waals surface area contributed by atoms with Crippen molar-refractivity contribution in [2.45, 2.75) is 32.3 Å². The van der Waals surface area contributed by atoms with E-state index in [4.69, 9.17) is 10.5 Å². The van der Waals surface area contributed by atoms with Crippen molar-refractivity contribution in [1.29, 1.82) is 0 Å². The van der Waals surface area contributed by atoms with E-state index in [9.17, 15) is 9.59 Å². The number of likely N-dealkylation sites (tertiary alicyclic amines) is 2. The fraction of sp³-hybridized carbons (Fsp3) is 0.579. The summed E-state index contributed by atoms with van der Waals surface area (Å²) in [6.07, 6.45) is 2.87. The van der Waals surface area contributed by atoms with Gasteiger partial charge in [-0.05, 0) is 43.5 Å². The number of amides is 2. The van der Waals surface area contributed by atoms with Crippen molar-refractivity contribution in [2.75, 3.05) is 32.7 Å². The van der Waals surface area contributed by atoms with Crippen LogP contribution >= 0.6 is 0 Å². The number of carbonyl (C=O) groups excluding carboxylic acids is 2. The summed E-state index contributed by atoms with van der Waals surface area (Å²) in [5, 5.41) is 0. The zero-order valence-electron chi connectivity index (χ0n) is 14.8. The van der Waals surface area contributed by atoms with Gasteiger partial charge >= 0.3 is 0 Å². The Bertz CT molecular complexity index is 628. The number of hydrogen-bond acceptors (Lipinski definition) is 4. The first-order chi connectivity index (χ1) is 12.0. The molecule has 0 aromatic heterocycles. The molecule has 6 heteroatoms. The Hall–Kier alpha value is -2.08. The lowest BCUT2D eigenvalue weighted by atomic mass is 9.95. The molecule has 25 heavy (non-hydrogen) atoms. The third-order valence-corrected chi connectivity index (χ3v) is 5.00. The van der Waals surface area contributed by atoms with Crippen molar-refractivity contribution in [3.05, 3.63) is 29.8 Å². The highest BCUT2D eigenvalue weighted by molar-refractivity contribution is 5.80. The molecule has 2 fully saturated rings. The smallest absolute Gasteiger partial charge is 0.231 e. The summed E-state index contributed by atoms with van der Waals surface area (Å²) in [5.41, 5.74) is 6.51. The Labute approximate surface area is 148 Å². The van der Waals surface area contributed by atoms with Gasteiger partial charge in [0.15, 0.2) is 0 Å². The van der Waals surface area contributed by atoms with E-state index in [1.54, 1.807) is 0 Å². The summed E-state index contributed by atoms with van der Waals surface area (Å²) in [6.45, 7) is 5.11. The van der Waals surface area contributed by atoms with E-state index in [1.165, 1.54) is 5.56 Å². The molecule has 3 rings (SSSR count). The third kappa shape index (κ3) is 4.51. The van der Waals surface area contributed by atoms with Crippen molar-refractivity contribution >= 4 is 11.8 Å². The first kappa shape index (κ1) is 17.7. The molecule has 0 aliphatic carbocycles. The molecule has 0 bridgehead atoms. The fourth-order valence-electron chi connectivity index (χ4n) is 3.60. The molecule has 0 saturated carbocycles. The number of primary amides is 1. The van der Waals surface area contributed by atoms with Crippen molar-refractivity contribution < 1.29 is 14.3 Å². The summed E-state index contributed by atoms with van der Waals surface area (Å²) in [6, 6.07) is 8.12. The minimum absolute atomic E-state index is 0.0301. The maximum absolute atomic E-state index is 12.6. The average molecular weight is 345 g/mol. The van der Waals surface area contributed by atoms with Gasteiger partial charge in [-0.1, -0.05) is 19.1 Å². The van der Waals surface area contributed by atoms with Crippen molar-refractivity contribution in [1.82, 2.24) is 9.80 Å². The highest BCUT2D eigenvalue weighted by atomic mass is 16.5. The van der Waals surface area contributed by atoms with Gasteiger partial charge in [-0.25, -0.2) is 0 Å². The minimum atomic E-state index is -0.333. The van der Waals surface area contributed by atoms with Crippen LogP contribution in [0.25, 0.3) is 0 Å². The third-order valence-electron chi connectivity index (χ3n) is 5.00. The Morgan fingerprint density at radius 2 is 2.08 bits per heavy atom. The molecule has 0 spiro atoms. The Morgan fingerprint density at radius 3 is 2.80 bits per heavy atom. The molecule has 1 aromatic carbocycles. The second kappa shape index (κ2) is 7.87. The van der Waals surface area contributed by atoms with Gasteiger partial charge in [0.1, 0.15) is 11.9 Å². The second-order valence-electron chi connectivity index (χ2n) is 7.02. The highest BCUT2D eigenvalue weighted by Gasteiger charge is 2.37. The predicted molar refractivity (Wildman–Crippen MR) is 95.2 cm³/mol. The topological polar surface area (TPSA) is 75.9 Å². The molecule has 2 amide bonds. The van der Waals surface area contributed by atoms with E-state index in [0.29, 0.717) is 19.6 Å². The van der Waals surface area contributed by atoms with Gasteiger partial charge in [0, 0.05) is 6.54 Å². The number of nitrogens with zero attached hydrogens (tertiary/aromatic N) is 2. The molecular formula is C19H27N3O3. The molecule has 0 unspecified atom stereocenters. The number of piperidine rings is 1. The first-order valence-corrected chi connectivity index (χ1v) is 9.10. The number of aryl methyl sites for hydroxylation is 1. The van der Waals surface area contributed by atoms with Crippen LogP contribution in [0.15, 0.2) is 24.3 Å². The van der Waals surface area contributed by atoms with Crippen LogP contribution in [0.1, 0.15) is 25.3 Å². The maximum Gasteiger partial charge on any atom is 0.231 e. The lowest BCUT2D eigenvalue weighted by Crippen LogP contribution is -2.59. The van der Waals surface area contributed by atoms with Gasteiger partial charge in [0.05, 0.1) is 25.6 Å². The molecule has 1 atom stereocenters. The fourth-order valence-corrected chi connectivity index (χ4v) is 3.60. The van der Waals surface area contributed by atoms with Crippen LogP contribution in [0.2, 0.25) is 0 Å². The predicted octanol–water partition coefficient (Wildman–Crippen LogP) is 1.04. The monoisotopic (exact) mass is 345 g/mol. The molecular weight excluding hydrogens is 318 g/mol. The summed E-state index contributed by atoms with van der Waals surface area (Å²) in [4.78, 5) is 27.6. The van der Waals surface area contributed by atoms with E-state index in [2.05, 4.69) is 19.1 Å². The van der Waals surface area contributed by atoms with E-state index < -0.39 is 0 Å². The lowest BCUT2D eigenvalue weighted by molar-refractivity contribution is -0.146. The van der Waals surface area contributed by atoms with Crippen molar-refractivity contribution in [2.24, 2.45) is 11.7 Å². The average Bonchev–Trinajstić information content (AvgIpc) is 2.57. The summed E-state index contributed by atoms with van der Waals surface area (Å²) >= 11 is 0. The van der Waals surface area contributed by atoms with E-state index in [1.807, 2.05) is 21.9 Å². The van der Waals surface area contributed by atoms with E-state index in [-0.39, 0.29) is 30.4 Å². The molecule has 2 heterocycles. The van der Waals surface area contributed by atoms with Crippen LogP contribution in [-0.4, -0.2) is 60.4 Å². The number of rotatable bonds is 6. The summed E-state index contributed by atoms with van der Waals surface area (Å²) in [5.74, 6) is 0.690. The number of carbonyl (C=O) groups is 2. The Kier molecular flexibility index (Phi) is 5.58. The van der Waals surface area contributed by atoms with Gasteiger partial charge in [-0.3, -0.25) is 14.5 Å². The van der Waals surface area contributed by atoms with Crippen LogP contribution in [-0.2, 0) is 16.0 Å². The van der Waals surface area contributed by atoms with Gasteiger partial charge in [0.25, 0.3) is 0 Å². The molecule has 136 valence electrons. The molecule has 2 N–H and O–H groups in total. The quantitative estimate of drug-likeness (QED) is 0.836. The zero-order valence-corrected chi connectivity index (χ0v) is 14.8. The van der Waals surface area contributed by atoms with Gasteiger partial charge in [-0.15, -0.1) is 0 Å². The summed E-state index contributed by atoms with van der Waals surface area (Å²) in [7, 11) is 0. The Balaban J connectivity index is 1.47. The standard InChI is InChI=1S/C19H27N3O3/c1-2-14-5-3-7-16(9-14)25-17-11-22(12-17)19(24)15-6-4-8-21(10-15)13-18(20)23/h3,5,7,9,15,17H,2,4,6,8,10-13H2,1H3,(H2,20,23)/t15-/m0/s1. The van der Waals surface area contributed by atoms with Crippen LogP contribution in [0.3, 0.4) is 0 Å². The van der Waals surface area contributed by atoms with Gasteiger partial charge in [-0.2, -0.15) is 0 Å². The number of ether oxygens (including phenoxy) is 1. The minimum Gasteiger partial charge on any atom is -0.487 e. The molecule has 2 aliphatic rings. The first-order valence-electron chi connectivity index (χ1n) is 9.10. The van der Waals surface area contributed by atoms with Crippen LogP contribution in [0.4, 0.5) is 0 Å². The zero-order chi connectivity index (χ0) is 17.8. The SMILES string of the molecule is CCc1cccc(OC2CN(C(=O)[C@H]3CCCN(CC(N)=O)C3)C2)c1. The Morgan fingerprint density at radius 1 is 1.28 bits per heavy atom. The summed E-state index contributed by atoms with van der Waals surface area (Å²) < 4.78 is 5.97. The molecule has 0 radical (unpaired) electrons. The van der Waals surface area contributed by atoms with Gasteiger partial charge < -0.3 is 15.4 Å². The van der Waals surface area contributed by atoms with E-state index in [0.717, 1.165) is 31.6 Å². The van der Waals surface area contributed by atoms with E-state index >= 15 is 0 Å². The van der Waals surface area contributed by atoms with Crippen LogP contribution in [0, 0.1) is 5.92 Å². The van der Waals surface area contributed by atoms with Crippen LogP contribution < -0.4 is 10.5 Å². The van der Waals surface area contributed by atoms with Crippen molar-refractivity contribution in [3.63, 3.8) is 0 Å². The highest BCUT2D eigenvalue weighted by Crippen LogP contribution is 2.24. The number of benzene rings is 1. The van der Waals surface area contributed by atoms with Gasteiger partial charge in [0.2, 0.25) is 11.8 Å².